The third-order valence-corrected chi connectivity index (χ3v) is 7.68. The second kappa shape index (κ2) is 9.58. The van der Waals surface area contributed by atoms with Crippen LogP contribution in [0.5, 0.6) is 0 Å². The number of rotatable bonds is 5. The number of aliphatic hydroxyl groups excluding tert-OH is 1. The molecule has 2 fully saturated rings. The Morgan fingerprint density at radius 3 is 2.68 bits per heavy atom. The van der Waals surface area contributed by atoms with Crippen molar-refractivity contribution >= 4 is 34.1 Å². The molecule has 4 aromatic rings. The third kappa shape index (κ3) is 4.24. The number of nitrogens with one attached hydrogen (secondary N) is 2. The molecule has 12 nitrogen and oxygen atoms in total. The molecule has 0 bridgehead atoms. The van der Waals surface area contributed by atoms with Crippen LogP contribution in [0.1, 0.15) is 62.1 Å². The Balaban J connectivity index is 1.24. The summed E-state index contributed by atoms with van der Waals surface area (Å²) in [6.45, 7) is 3.91. The quantitative estimate of drug-likeness (QED) is 0.372. The molecule has 3 N–H and O–H groups in total. The van der Waals surface area contributed by atoms with Gasteiger partial charge in [-0.25, -0.2) is 24.7 Å². The molecule has 1 saturated heterocycles. The Hall–Kier alpha value is -3.80. The van der Waals surface area contributed by atoms with Crippen LogP contribution < -0.4 is 15.9 Å². The lowest BCUT2D eigenvalue weighted by Gasteiger charge is -2.33. The van der Waals surface area contributed by atoms with Gasteiger partial charge >= 0.3 is 5.69 Å². The molecule has 0 aromatic carbocycles. The maximum atomic E-state index is 13.2. The monoisotopic (exact) mass is 505 g/mol. The van der Waals surface area contributed by atoms with E-state index in [4.69, 9.17) is 4.98 Å². The predicted molar refractivity (Wildman–Crippen MR) is 138 cm³/mol. The van der Waals surface area contributed by atoms with Gasteiger partial charge < -0.3 is 19.9 Å². The van der Waals surface area contributed by atoms with E-state index in [-0.39, 0.29) is 29.8 Å². The molecule has 0 atom stereocenters. The number of hydrogen-bond acceptors (Lipinski definition) is 8. The van der Waals surface area contributed by atoms with Crippen LogP contribution in [0.3, 0.4) is 0 Å². The van der Waals surface area contributed by atoms with Gasteiger partial charge in [0.25, 0.3) is 5.91 Å². The molecule has 6 rings (SSSR count). The summed E-state index contributed by atoms with van der Waals surface area (Å²) < 4.78 is 3.65. The number of amides is 1. The minimum Gasteiger partial charge on any atom is -0.393 e. The van der Waals surface area contributed by atoms with E-state index < -0.39 is 0 Å². The summed E-state index contributed by atoms with van der Waals surface area (Å²) >= 11 is 0. The number of H-pyrrole nitrogens is 1. The number of aryl methyl sites for hydroxylation is 1. The van der Waals surface area contributed by atoms with Crippen LogP contribution in [0.2, 0.25) is 0 Å². The molecule has 1 amide bonds. The van der Waals surface area contributed by atoms with Crippen molar-refractivity contribution in [1.82, 2.24) is 39.4 Å². The second-order valence-electron chi connectivity index (χ2n) is 9.92. The normalized spacial score (nSPS) is 21.1. The SMILES string of the molecule is CCn1c(C(=O)NC2CCC(O)CC2)nc2c(N3CCC(n4c(=O)[nH]c5ncccc54)CC3)ncnc21. The summed E-state index contributed by atoms with van der Waals surface area (Å²) in [5.41, 5.74) is 2.53. The van der Waals surface area contributed by atoms with E-state index in [1.165, 1.54) is 6.33 Å². The maximum absolute atomic E-state index is 13.2. The topological polar surface area (TPSA) is 147 Å². The first-order valence-electron chi connectivity index (χ1n) is 13.0. The lowest BCUT2D eigenvalue weighted by atomic mass is 9.93. The fourth-order valence-corrected chi connectivity index (χ4v) is 5.76. The first-order chi connectivity index (χ1) is 18.0. The average Bonchev–Trinajstić information content (AvgIpc) is 3.47. The van der Waals surface area contributed by atoms with Gasteiger partial charge in [-0.15, -0.1) is 0 Å². The highest BCUT2D eigenvalue weighted by atomic mass is 16.3. The molecular formula is C25H31N9O3. The van der Waals surface area contributed by atoms with Gasteiger partial charge in [0.1, 0.15) is 6.33 Å². The van der Waals surface area contributed by atoms with Crippen LogP contribution in [-0.2, 0) is 6.54 Å². The molecular weight excluding hydrogens is 474 g/mol. The molecule has 0 unspecified atom stereocenters. The van der Waals surface area contributed by atoms with E-state index in [1.54, 1.807) is 6.20 Å². The van der Waals surface area contributed by atoms with Crippen LogP contribution in [0, 0.1) is 0 Å². The molecule has 1 aliphatic heterocycles. The van der Waals surface area contributed by atoms with Crippen molar-refractivity contribution in [3.8, 4) is 0 Å². The Morgan fingerprint density at radius 1 is 1.14 bits per heavy atom. The van der Waals surface area contributed by atoms with Crippen LogP contribution in [0.4, 0.5) is 5.82 Å². The molecule has 0 spiro atoms. The summed E-state index contributed by atoms with van der Waals surface area (Å²) in [5, 5.41) is 12.9. The minimum absolute atomic E-state index is 0.0359. The number of aromatic nitrogens is 7. The Labute approximate surface area is 212 Å². The first-order valence-corrected chi connectivity index (χ1v) is 13.0. The number of aromatic amines is 1. The number of fused-ring (bicyclic) bond motifs is 2. The number of hydrogen-bond donors (Lipinski definition) is 3. The first kappa shape index (κ1) is 23.6. The van der Waals surface area contributed by atoms with E-state index >= 15 is 0 Å². The number of anilines is 1. The number of nitrogens with zero attached hydrogens (tertiary/aromatic N) is 7. The van der Waals surface area contributed by atoms with Gasteiger partial charge in [-0.3, -0.25) is 14.3 Å². The second-order valence-corrected chi connectivity index (χ2v) is 9.92. The lowest BCUT2D eigenvalue weighted by Crippen LogP contribution is -2.39. The van der Waals surface area contributed by atoms with Crippen LogP contribution >= 0.6 is 0 Å². The maximum Gasteiger partial charge on any atom is 0.327 e. The molecule has 194 valence electrons. The lowest BCUT2D eigenvalue weighted by molar-refractivity contribution is 0.0855. The van der Waals surface area contributed by atoms with Crippen molar-refractivity contribution in [2.45, 2.75) is 70.2 Å². The summed E-state index contributed by atoms with van der Waals surface area (Å²) in [5.74, 6) is 0.815. The highest BCUT2D eigenvalue weighted by Gasteiger charge is 2.29. The molecule has 1 saturated carbocycles. The summed E-state index contributed by atoms with van der Waals surface area (Å²) in [6.07, 6.45) is 7.37. The molecule has 5 heterocycles. The molecule has 2 aliphatic rings. The third-order valence-electron chi connectivity index (χ3n) is 7.68. The van der Waals surface area contributed by atoms with Crippen LogP contribution in [0.25, 0.3) is 22.3 Å². The molecule has 4 aromatic heterocycles. The van der Waals surface area contributed by atoms with Gasteiger partial charge in [0.15, 0.2) is 22.6 Å². The number of carbonyl (C=O) groups excluding carboxylic acids is 1. The number of pyridine rings is 1. The summed E-state index contributed by atoms with van der Waals surface area (Å²) in [4.78, 5) is 48.8. The molecule has 37 heavy (non-hydrogen) atoms. The van der Waals surface area contributed by atoms with Crippen LogP contribution in [-0.4, -0.2) is 70.3 Å². The Bertz CT molecular complexity index is 1490. The Kier molecular flexibility index (Phi) is 6.11. The average molecular weight is 506 g/mol. The minimum atomic E-state index is -0.276. The highest BCUT2D eigenvalue weighted by molar-refractivity contribution is 5.96. The molecule has 1 aliphatic carbocycles. The van der Waals surface area contributed by atoms with E-state index in [9.17, 15) is 14.7 Å². The Morgan fingerprint density at radius 2 is 1.92 bits per heavy atom. The van der Waals surface area contributed by atoms with Crippen molar-refractivity contribution in [3.05, 3.63) is 41.0 Å². The standard InChI is InChI=1S/C25H31N9O3/c1-2-33-22-19(30-23(33)24(36)29-15-5-7-17(35)8-6-15)21(27-14-28-22)32-12-9-16(10-13-32)34-18-4-3-11-26-20(18)31-25(34)37/h3-4,11,14-17,35H,2,5-10,12-13H2,1H3,(H,29,36)(H,26,31,37). The van der Waals surface area contributed by atoms with Gasteiger partial charge in [-0.1, -0.05) is 0 Å². The largest absolute Gasteiger partial charge is 0.393 e. The number of carbonyl (C=O) groups is 1. The summed E-state index contributed by atoms with van der Waals surface area (Å²) in [6, 6.07) is 3.85. The van der Waals surface area contributed by atoms with E-state index in [0.717, 1.165) is 31.2 Å². The smallest absolute Gasteiger partial charge is 0.327 e. The zero-order valence-electron chi connectivity index (χ0n) is 20.8. The van der Waals surface area contributed by atoms with Crippen molar-refractivity contribution in [3.63, 3.8) is 0 Å². The fourth-order valence-electron chi connectivity index (χ4n) is 5.76. The molecule has 12 heteroatoms. The van der Waals surface area contributed by atoms with E-state index in [0.29, 0.717) is 60.9 Å². The van der Waals surface area contributed by atoms with Gasteiger partial charge in [0, 0.05) is 37.9 Å². The van der Waals surface area contributed by atoms with Crippen molar-refractivity contribution in [2.24, 2.45) is 0 Å². The number of aliphatic hydroxyl groups is 1. The summed E-state index contributed by atoms with van der Waals surface area (Å²) in [7, 11) is 0. The fraction of sp³-hybridized carbons (Fsp3) is 0.520. The zero-order valence-corrected chi connectivity index (χ0v) is 20.8. The van der Waals surface area contributed by atoms with Crippen molar-refractivity contribution in [1.29, 1.82) is 0 Å². The highest BCUT2D eigenvalue weighted by Crippen LogP contribution is 2.30. The van der Waals surface area contributed by atoms with Gasteiger partial charge in [0.2, 0.25) is 5.82 Å². The van der Waals surface area contributed by atoms with Gasteiger partial charge in [-0.05, 0) is 57.6 Å². The predicted octanol–water partition coefficient (Wildman–Crippen LogP) is 1.76. The van der Waals surface area contributed by atoms with E-state index in [2.05, 4.69) is 30.2 Å². The van der Waals surface area contributed by atoms with Crippen LogP contribution in [0.15, 0.2) is 29.5 Å². The number of piperidine rings is 1. The van der Waals surface area contributed by atoms with Gasteiger partial charge in [-0.2, -0.15) is 0 Å². The number of imidazole rings is 2. The zero-order chi connectivity index (χ0) is 25.5. The van der Waals surface area contributed by atoms with Crippen molar-refractivity contribution < 1.29 is 9.90 Å². The van der Waals surface area contributed by atoms with E-state index in [1.807, 2.05) is 28.2 Å². The van der Waals surface area contributed by atoms with Gasteiger partial charge in [0.05, 0.1) is 11.6 Å². The van der Waals surface area contributed by atoms with Crippen molar-refractivity contribution in [2.75, 3.05) is 18.0 Å². The molecule has 0 radical (unpaired) electrons.